The number of rotatable bonds is 16. The molecule has 0 spiro atoms. The molecule has 4 N–H and O–H groups in total. The first-order valence-corrected chi connectivity index (χ1v) is 10.8. The number of aryl methyl sites for hydroxylation is 1. The van der Waals surface area contributed by atoms with Crippen molar-refractivity contribution in [3.8, 4) is 5.75 Å². The fraction of sp³-hybridized carbons (Fsp3) is 0.520. The van der Waals surface area contributed by atoms with Crippen molar-refractivity contribution in [2.75, 3.05) is 26.3 Å². The topological polar surface area (TPSA) is 82.0 Å². The van der Waals surface area contributed by atoms with E-state index >= 15 is 0 Å². The molecule has 0 radical (unpaired) electrons. The zero-order valence-electron chi connectivity index (χ0n) is 20.6. The highest BCUT2D eigenvalue weighted by Crippen LogP contribution is 2.22. The summed E-state index contributed by atoms with van der Waals surface area (Å²) in [6.07, 6.45) is 5.31. The molecule has 0 fully saturated rings. The van der Waals surface area contributed by atoms with Crippen molar-refractivity contribution in [1.29, 1.82) is 0 Å². The predicted octanol–water partition coefficient (Wildman–Crippen LogP) is 4.11. The van der Waals surface area contributed by atoms with Gasteiger partial charge in [-0.05, 0) is 61.9 Å². The fourth-order valence-corrected chi connectivity index (χ4v) is 3.20. The first-order chi connectivity index (χ1) is 15.7. The van der Waals surface area contributed by atoms with Crippen LogP contribution in [0.5, 0.6) is 5.75 Å². The number of hydrogen-bond donors (Lipinski definition) is 4. The van der Waals surface area contributed by atoms with Crippen LogP contribution in [0.25, 0.3) is 0 Å². The Balaban J connectivity index is 1.50. The number of phenols is 1. The van der Waals surface area contributed by atoms with Gasteiger partial charge in [0.1, 0.15) is 5.75 Å². The molecular weight excluding hydrogens is 379 g/mol. The van der Waals surface area contributed by atoms with Crippen LogP contribution in [-0.4, -0.2) is 41.6 Å². The van der Waals surface area contributed by atoms with Crippen LogP contribution in [0.3, 0.4) is 0 Å². The lowest BCUT2D eigenvalue weighted by Gasteiger charge is -2.14. The van der Waals surface area contributed by atoms with Gasteiger partial charge in [-0.25, -0.2) is 0 Å². The molecule has 0 aliphatic rings. The van der Waals surface area contributed by atoms with Gasteiger partial charge in [0.25, 0.3) is 0 Å². The Morgan fingerprint density at radius 2 is 1.70 bits per heavy atom. The quantitative estimate of drug-likeness (QED) is 0.243. The molecule has 1 unspecified atom stereocenters. The van der Waals surface area contributed by atoms with E-state index in [1.165, 1.54) is 17.7 Å². The highest BCUT2D eigenvalue weighted by Gasteiger charge is 2.09. The van der Waals surface area contributed by atoms with Gasteiger partial charge >= 0.3 is 0 Å². The van der Waals surface area contributed by atoms with Crippen LogP contribution in [0, 0.1) is 0 Å². The van der Waals surface area contributed by atoms with Gasteiger partial charge in [0.2, 0.25) is 0 Å². The number of benzene rings is 2. The van der Waals surface area contributed by atoms with Gasteiger partial charge in [0, 0.05) is 25.3 Å². The molecule has 0 aromatic heterocycles. The van der Waals surface area contributed by atoms with Gasteiger partial charge in [0.15, 0.2) is 0 Å². The minimum Gasteiger partial charge on any atom is -0.508 e. The van der Waals surface area contributed by atoms with E-state index in [-0.39, 0.29) is 17.7 Å². The molecule has 0 heterocycles. The normalized spacial score (nSPS) is 15.2. The van der Waals surface area contributed by atoms with Crippen molar-refractivity contribution in [3.05, 3.63) is 65.2 Å². The second kappa shape index (κ2) is 15.0. The van der Waals surface area contributed by atoms with Crippen LogP contribution in [-0.2, 0) is 17.7 Å². The Bertz CT molecular complexity index is 813. The zero-order valence-corrected chi connectivity index (χ0v) is 17.6. The number of ether oxygens (including phenoxy) is 1. The minimum atomic E-state index is -2.75. The van der Waals surface area contributed by atoms with Crippen molar-refractivity contribution in [3.63, 3.8) is 0 Å². The van der Waals surface area contributed by atoms with Crippen molar-refractivity contribution in [1.82, 2.24) is 5.32 Å². The van der Waals surface area contributed by atoms with E-state index in [1.54, 1.807) is 0 Å². The highest BCUT2D eigenvalue weighted by atomic mass is 16.5. The average molecular weight is 420 g/mol. The van der Waals surface area contributed by atoms with Gasteiger partial charge < -0.3 is 25.4 Å². The number of nitrogens with one attached hydrogen (secondary N) is 1. The maximum Gasteiger partial charge on any atom is 0.121 e. The van der Waals surface area contributed by atoms with Crippen LogP contribution in [0.15, 0.2) is 48.5 Å². The Hall–Kier alpha value is -1.92. The first kappa shape index (κ1) is 20.0. The minimum absolute atomic E-state index is 0.0439. The molecule has 5 nitrogen and oxygen atoms in total. The summed E-state index contributed by atoms with van der Waals surface area (Å²) in [5, 5.41) is 32.6. The van der Waals surface area contributed by atoms with E-state index in [1.807, 2.05) is 6.07 Å². The number of aromatic hydroxyl groups is 1. The van der Waals surface area contributed by atoms with Gasteiger partial charge in [-0.3, -0.25) is 0 Å². The maximum absolute atomic E-state index is 10.4. The van der Waals surface area contributed by atoms with Crippen molar-refractivity contribution >= 4 is 0 Å². The van der Waals surface area contributed by atoms with E-state index in [2.05, 4.69) is 29.6 Å². The SMILES string of the molecule is [2H]C([2H])(O)c1cc([13C]([2H])(O)CNCCCCCCOCCCCc2ccccc2)ccc1O. The molecule has 2 aromatic rings. The number of hydrogen-bond acceptors (Lipinski definition) is 5. The summed E-state index contributed by atoms with van der Waals surface area (Å²) in [4.78, 5) is 0. The summed E-state index contributed by atoms with van der Waals surface area (Å²) >= 11 is 0. The molecule has 30 heavy (non-hydrogen) atoms. The van der Waals surface area contributed by atoms with E-state index in [4.69, 9.17) is 8.85 Å². The molecule has 0 aliphatic carbocycles. The molecule has 5 heteroatoms. The zero-order chi connectivity index (χ0) is 24.2. The first-order valence-electron chi connectivity index (χ1n) is 12.3. The second-order valence-electron chi connectivity index (χ2n) is 7.44. The maximum atomic E-state index is 10.4. The molecular formula is C25H37NO4. The molecule has 2 aromatic carbocycles. The highest BCUT2D eigenvalue weighted by molar-refractivity contribution is 5.36. The molecule has 0 saturated heterocycles. The lowest BCUT2D eigenvalue weighted by atomic mass is 10.1. The Morgan fingerprint density at radius 3 is 2.47 bits per heavy atom. The third kappa shape index (κ3) is 9.72. The number of unbranched alkanes of at least 4 members (excludes halogenated alkanes) is 4. The molecule has 166 valence electrons. The van der Waals surface area contributed by atoms with Gasteiger partial charge in [-0.2, -0.15) is 0 Å². The predicted molar refractivity (Wildman–Crippen MR) is 121 cm³/mol. The summed E-state index contributed by atoms with van der Waals surface area (Å²) in [5.74, 6) is -0.425. The van der Waals surface area contributed by atoms with Crippen LogP contribution in [0.4, 0.5) is 0 Å². The Morgan fingerprint density at radius 1 is 0.967 bits per heavy atom. The Kier molecular flexibility index (Phi) is 9.98. The molecule has 0 saturated carbocycles. The van der Waals surface area contributed by atoms with Gasteiger partial charge in [0.05, 0.1) is 16.8 Å². The third-order valence-electron chi connectivity index (χ3n) is 4.98. The van der Waals surface area contributed by atoms with Gasteiger partial charge in [-0.1, -0.05) is 49.2 Å². The van der Waals surface area contributed by atoms with Crippen molar-refractivity contribution in [2.24, 2.45) is 0 Å². The van der Waals surface area contributed by atoms with Crippen LogP contribution in [0.2, 0.25) is 0 Å². The van der Waals surface area contributed by atoms with Crippen LogP contribution in [0.1, 0.15) is 65.4 Å². The Labute approximate surface area is 184 Å². The second-order valence-corrected chi connectivity index (χ2v) is 7.44. The molecule has 0 aliphatic heterocycles. The largest absolute Gasteiger partial charge is 0.508 e. The summed E-state index contributed by atoms with van der Waals surface area (Å²) in [6, 6.07) is 14.1. The molecule has 0 amide bonds. The lowest BCUT2D eigenvalue weighted by molar-refractivity contribution is 0.126. The standard InChI is InChI=1S/C25H37NO4/c27-20-23-18-22(13-14-24(23)28)25(29)19-26-15-7-1-2-8-16-30-17-9-6-12-21-10-4-3-5-11-21/h3-5,10-11,13-14,18,25-29H,1-2,6-9,12,15-17,19-20H2/i20D2,25+1D. The van der Waals surface area contributed by atoms with E-state index < -0.39 is 18.4 Å². The molecule has 2 rings (SSSR count). The lowest BCUT2D eigenvalue weighted by Crippen LogP contribution is -2.22. The van der Waals surface area contributed by atoms with E-state index in [0.717, 1.165) is 64.2 Å². The summed E-state index contributed by atoms with van der Waals surface area (Å²) in [7, 11) is 0. The van der Waals surface area contributed by atoms with Crippen LogP contribution >= 0.6 is 0 Å². The summed E-state index contributed by atoms with van der Waals surface area (Å²) in [6.45, 7) is -0.583. The van der Waals surface area contributed by atoms with Crippen molar-refractivity contribution < 1.29 is 24.2 Å². The van der Waals surface area contributed by atoms with Crippen molar-refractivity contribution in [2.45, 2.75) is 57.6 Å². The average Bonchev–Trinajstić information content (AvgIpc) is 2.77. The molecule has 0 bridgehead atoms. The van der Waals surface area contributed by atoms with Gasteiger partial charge in [-0.15, -0.1) is 0 Å². The smallest absolute Gasteiger partial charge is 0.121 e. The third-order valence-corrected chi connectivity index (χ3v) is 4.98. The van der Waals surface area contributed by atoms with Crippen LogP contribution < -0.4 is 5.32 Å². The van der Waals surface area contributed by atoms with E-state index in [9.17, 15) is 15.3 Å². The number of aliphatic hydroxyl groups is 2. The fourth-order valence-electron chi connectivity index (χ4n) is 3.20. The summed E-state index contributed by atoms with van der Waals surface area (Å²) < 4.78 is 28.5. The monoisotopic (exact) mass is 419 g/mol. The molecule has 1 atom stereocenters. The summed E-state index contributed by atoms with van der Waals surface area (Å²) in [5.41, 5.74) is 1.10. The van der Waals surface area contributed by atoms with E-state index in [0.29, 0.717) is 6.54 Å².